The van der Waals surface area contributed by atoms with Gasteiger partial charge in [0, 0.05) is 19.6 Å². The lowest BCUT2D eigenvalue weighted by molar-refractivity contribution is 0.00450. The van der Waals surface area contributed by atoms with Crippen molar-refractivity contribution in [1.82, 2.24) is 4.31 Å². The average Bonchev–Trinajstić information content (AvgIpc) is 2.47. The highest BCUT2D eigenvalue weighted by atomic mass is 35.5. The van der Waals surface area contributed by atoms with Gasteiger partial charge in [-0.25, -0.2) is 8.42 Å². The number of methoxy groups -OCH3 is 1. The van der Waals surface area contributed by atoms with Crippen LogP contribution in [-0.2, 0) is 14.8 Å². The van der Waals surface area contributed by atoms with Crippen LogP contribution in [0.2, 0.25) is 5.02 Å². The Kier molecular flexibility index (Phi) is 4.87. The van der Waals surface area contributed by atoms with Crippen molar-refractivity contribution >= 4 is 21.6 Å². The summed E-state index contributed by atoms with van der Waals surface area (Å²) in [7, 11) is -2.12. The van der Waals surface area contributed by atoms with E-state index in [1.54, 1.807) is 0 Å². The Morgan fingerprint density at radius 1 is 1.55 bits per heavy atom. The number of nitrogens with two attached hydrogens (primary N) is 1. The van der Waals surface area contributed by atoms with Gasteiger partial charge in [-0.1, -0.05) is 11.6 Å². The third-order valence-corrected chi connectivity index (χ3v) is 5.28. The van der Waals surface area contributed by atoms with Crippen LogP contribution in [0.4, 0.5) is 0 Å². The fourth-order valence-corrected chi connectivity index (χ4v) is 3.81. The smallest absolute Gasteiger partial charge is 0.243 e. The predicted octanol–water partition coefficient (Wildman–Crippen LogP) is 0.697. The second-order valence-electron chi connectivity index (χ2n) is 4.39. The van der Waals surface area contributed by atoms with Crippen LogP contribution in [0.5, 0.6) is 5.75 Å². The molecule has 0 aromatic heterocycles. The molecule has 0 aliphatic carbocycles. The van der Waals surface area contributed by atoms with Gasteiger partial charge in [-0.3, -0.25) is 0 Å². The van der Waals surface area contributed by atoms with Gasteiger partial charge in [-0.2, -0.15) is 4.31 Å². The highest BCUT2D eigenvalue weighted by Gasteiger charge is 2.30. The van der Waals surface area contributed by atoms with E-state index in [-0.39, 0.29) is 29.1 Å². The number of rotatable bonds is 4. The first kappa shape index (κ1) is 15.5. The zero-order chi connectivity index (χ0) is 14.8. The lowest BCUT2D eigenvalue weighted by Gasteiger charge is -2.31. The first-order valence-corrected chi connectivity index (χ1v) is 7.96. The summed E-state index contributed by atoms with van der Waals surface area (Å²) in [5, 5.41) is 0.261. The van der Waals surface area contributed by atoms with Crippen molar-refractivity contribution in [1.29, 1.82) is 0 Å². The van der Waals surface area contributed by atoms with Crippen LogP contribution < -0.4 is 10.5 Å². The van der Waals surface area contributed by atoms with Crippen LogP contribution in [-0.4, -0.2) is 52.2 Å². The molecule has 0 bridgehead atoms. The van der Waals surface area contributed by atoms with Crippen molar-refractivity contribution in [2.24, 2.45) is 5.73 Å². The third kappa shape index (κ3) is 3.07. The maximum absolute atomic E-state index is 12.5. The molecule has 2 rings (SSSR count). The van der Waals surface area contributed by atoms with E-state index in [1.807, 2.05) is 0 Å². The standard InChI is InChI=1S/C12H17ClN2O4S/c1-18-12-3-2-10(6-11(12)13)20(16,17)15-4-5-19-9(7-14)8-15/h2-3,6,9H,4-5,7-8,14H2,1H3. The maximum atomic E-state index is 12.5. The summed E-state index contributed by atoms with van der Waals surface area (Å²) in [4.78, 5) is 0.140. The molecule has 20 heavy (non-hydrogen) atoms. The lowest BCUT2D eigenvalue weighted by atomic mass is 10.3. The SMILES string of the molecule is COc1ccc(S(=O)(=O)N2CCOC(CN)C2)cc1Cl. The van der Waals surface area contributed by atoms with Crippen LogP contribution in [0.1, 0.15) is 0 Å². The fourth-order valence-electron chi connectivity index (χ4n) is 2.01. The van der Waals surface area contributed by atoms with Gasteiger partial charge in [0.2, 0.25) is 10.0 Å². The Morgan fingerprint density at radius 3 is 2.90 bits per heavy atom. The molecule has 1 atom stereocenters. The highest BCUT2D eigenvalue weighted by Crippen LogP contribution is 2.28. The van der Waals surface area contributed by atoms with Crippen molar-refractivity contribution in [3.05, 3.63) is 23.2 Å². The molecule has 1 aromatic carbocycles. The largest absolute Gasteiger partial charge is 0.495 e. The van der Waals surface area contributed by atoms with Crippen molar-refractivity contribution in [3.63, 3.8) is 0 Å². The number of sulfonamides is 1. The second kappa shape index (κ2) is 6.28. The van der Waals surface area contributed by atoms with Gasteiger partial charge in [0.1, 0.15) is 5.75 Å². The Bertz CT molecular complexity index is 579. The summed E-state index contributed by atoms with van der Waals surface area (Å²) in [5.74, 6) is 0.437. The first-order chi connectivity index (χ1) is 9.48. The molecule has 0 amide bonds. The van der Waals surface area contributed by atoms with E-state index in [0.717, 1.165) is 0 Å². The van der Waals surface area contributed by atoms with Crippen molar-refractivity contribution < 1.29 is 17.9 Å². The van der Waals surface area contributed by atoms with Crippen LogP contribution in [0.3, 0.4) is 0 Å². The minimum Gasteiger partial charge on any atom is -0.495 e. The van der Waals surface area contributed by atoms with E-state index in [9.17, 15) is 8.42 Å². The van der Waals surface area contributed by atoms with Gasteiger partial charge in [-0.15, -0.1) is 0 Å². The number of morpholine rings is 1. The quantitative estimate of drug-likeness (QED) is 0.883. The summed E-state index contributed by atoms with van der Waals surface area (Å²) >= 11 is 5.98. The van der Waals surface area contributed by atoms with E-state index in [0.29, 0.717) is 18.9 Å². The number of nitrogens with zero attached hydrogens (tertiary/aromatic N) is 1. The Morgan fingerprint density at radius 2 is 2.30 bits per heavy atom. The molecule has 0 spiro atoms. The number of ether oxygens (including phenoxy) is 2. The number of benzene rings is 1. The molecule has 1 heterocycles. The van der Waals surface area contributed by atoms with Crippen molar-refractivity contribution in [2.75, 3.05) is 33.4 Å². The lowest BCUT2D eigenvalue weighted by Crippen LogP contribution is -2.48. The van der Waals surface area contributed by atoms with Crippen LogP contribution in [0.15, 0.2) is 23.1 Å². The topological polar surface area (TPSA) is 81.9 Å². The van der Waals surface area contributed by atoms with E-state index in [1.165, 1.54) is 29.6 Å². The Labute approximate surface area is 123 Å². The average molecular weight is 321 g/mol. The number of hydrogen-bond acceptors (Lipinski definition) is 5. The molecular formula is C12H17ClN2O4S. The Balaban J connectivity index is 2.28. The fraction of sp³-hybridized carbons (Fsp3) is 0.500. The van der Waals surface area contributed by atoms with Crippen molar-refractivity contribution in [2.45, 2.75) is 11.0 Å². The molecule has 1 aliphatic rings. The van der Waals surface area contributed by atoms with E-state index < -0.39 is 10.0 Å². The van der Waals surface area contributed by atoms with E-state index >= 15 is 0 Å². The molecule has 1 unspecified atom stereocenters. The summed E-state index contributed by atoms with van der Waals surface area (Å²) in [6.45, 7) is 1.19. The summed E-state index contributed by atoms with van der Waals surface area (Å²) in [6, 6.07) is 4.41. The molecular weight excluding hydrogens is 304 g/mol. The molecule has 6 nitrogen and oxygen atoms in total. The van der Waals surface area contributed by atoms with Gasteiger partial charge in [0.25, 0.3) is 0 Å². The van der Waals surface area contributed by atoms with Crippen molar-refractivity contribution in [3.8, 4) is 5.75 Å². The predicted molar refractivity (Wildman–Crippen MR) is 75.6 cm³/mol. The number of hydrogen-bond donors (Lipinski definition) is 1. The molecule has 1 fully saturated rings. The molecule has 1 saturated heterocycles. The molecule has 1 aromatic rings. The van der Waals surface area contributed by atoms with Crippen LogP contribution >= 0.6 is 11.6 Å². The molecule has 1 aliphatic heterocycles. The maximum Gasteiger partial charge on any atom is 0.243 e. The monoisotopic (exact) mass is 320 g/mol. The van der Waals surface area contributed by atoms with Gasteiger partial charge >= 0.3 is 0 Å². The molecule has 8 heteroatoms. The minimum absolute atomic E-state index is 0.140. The van der Waals surface area contributed by atoms with Gasteiger partial charge in [-0.05, 0) is 18.2 Å². The number of halogens is 1. The third-order valence-electron chi connectivity index (χ3n) is 3.13. The summed E-state index contributed by atoms with van der Waals surface area (Å²) < 4.78 is 36.8. The zero-order valence-corrected chi connectivity index (χ0v) is 12.7. The van der Waals surface area contributed by atoms with Gasteiger partial charge < -0.3 is 15.2 Å². The van der Waals surface area contributed by atoms with Crippen LogP contribution in [0, 0.1) is 0 Å². The highest BCUT2D eigenvalue weighted by molar-refractivity contribution is 7.89. The van der Waals surface area contributed by atoms with Gasteiger partial charge in [0.05, 0.1) is 29.7 Å². The van der Waals surface area contributed by atoms with Gasteiger partial charge in [0.15, 0.2) is 0 Å². The minimum atomic E-state index is -3.59. The summed E-state index contributed by atoms with van der Waals surface area (Å²) in [6.07, 6.45) is -0.271. The molecule has 2 N–H and O–H groups in total. The first-order valence-electron chi connectivity index (χ1n) is 6.14. The molecule has 112 valence electrons. The summed E-state index contributed by atoms with van der Waals surface area (Å²) in [5.41, 5.74) is 5.53. The second-order valence-corrected chi connectivity index (χ2v) is 6.73. The Hall–Kier alpha value is -0.860. The normalized spacial score (nSPS) is 20.9. The van der Waals surface area contributed by atoms with E-state index in [4.69, 9.17) is 26.8 Å². The van der Waals surface area contributed by atoms with Crippen LogP contribution in [0.25, 0.3) is 0 Å². The molecule has 0 saturated carbocycles. The zero-order valence-electron chi connectivity index (χ0n) is 11.1. The van der Waals surface area contributed by atoms with E-state index in [2.05, 4.69) is 0 Å². The molecule has 0 radical (unpaired) electrons.